The Morgan fingerprint density at radius 1 is 1.36 bits per heavy atom. The fraction of sp³-hybridized carbons (Fsp3) is 0.444. The second kappa shape index (κ2) is 2.85. The van der Waals surface area contributed by atoms with Crippen molar-refractivity contribution in [3.63, 3.8) is 0 Å². The number of allylic oxidation sites excluding steroid dienone is 3. The molecule has 58 valence electrons. The van der Waals surface area contributed by atoms with Gasteiger partial charge in [-0.25, -0.2) is 0 Å². The van der Waals surface area contributed by atoms with E-state index >= 15 is 0 Å². The molecule has 0 N–H and O–H groups in total. The summed E-state index contributed by atoms with van der Waals surface area (Å²) < 4.78 is 0. The molecule has 1 aliphatic heterocycles. The highest BCUT2D eigenvalue weighted by atomic mass is 15.2. The fourth-order valence-electron chi connectivity index (χ4n) is 0.771. The van der Waals surface area contributed by atoms with Crippen LogP contribution in [0.25, 0.3) is 0 Å². The van der Waals surface area contributed by atoms with Crippen LogP contribution in [0.15, 0.2) is 27.9 Å². The summed E-state index contributed by atoms with van der Waals surface area (Å²) in [5, 5.41) is 7.45. The zero-order valence-electron chi connectivity index (χ0n) is 7.13. The van der Waals surface area contributed by atoms with Crippen LogP contribution in [0.1, 0.15) is 20.8 Å². The zero-order chi connectivity index (χ0) is 8.32. The van der Waals surface area contributed by atoms with Crippen LogP contribution in [-0.4, -0.2) is 12.1 Å². The normalized spacial score (nSPS) is 16.5. The minimum absolute atomic E-state index is 0.140. The van der Waals surface area contributed by atoms with E-state index in [1.165, 1.54) is 5.57 Å². The van der Waals surface area contributed by atoms with Crippen molar-refractivity contribution >= 4 is 12.1 Å². The van der Waals surface area contributed by atoms with E-state index in [1.807, 2.05) is 6.08 Å². The van der Waals surface area contributed by atoms with E-state index in [-0.39, 0.29) is 5.41 Å². The number of hydrogen-bond acceptors (Lipinski definition) is 2. The molecular weight excluding hydrogens is 136 g/mol. The molecule has 0 amide bonds. The van der Waals surface area contributed by atoms with Crippen molar-refractivity contribution in [3.05, 3.63) is 17.7 Å². The Labute approximate surface area is 67.0 Å². The Hall–Kier alpha value is -1.14. The molecule has 1 rings (SSSR count). The highest BCUT2D eigenvalue weighted by Gasteiger charge is 2.14. The van der Waals surface area contributed by atoms with E-state index in [9.17, 15) is 0 Å². The molecule has 0 radical (unpaired) electrons. The third-order valence-corrected chi connectivity index (χ3v) is 1.52. The topological polar surface area (TPSA) is 24.7 Å². The van der Waals surface area contributed by atoms with Gasteiger partial charge in [-0.05, 0) is 17.1 Å². The minimum atomic E-state index is 0.140. The Morgan fingerprint density at radius 2 is 2.09 bits per heavy atom. The minimum Gasteiger partial charge on any atom is -0.150 e. The van der Waals surface area contributed by atoms with E-state index in [0.29, 0.717) is 0 Å². The predicted molar refractivity (Wildman–Crippen MR) is 48.0 cm³/mol. The van der Waals surface area contributed by atoms with Crippen LogP contribution in [0.4, 0.5) is 0 Å². The fourth-order valence-corrected chi connectivity index (χ4v) is 0.771. The van der Waals surface area contributed by atoms with Crippen LogP contribution in [0.2, 0.25) is 0 Å². The lowest BCUT2D eigenvalue weighted by molar-refractivity contribution is 0.526. The Morgan fingerprint density at radius 3 is 2.73 bits per heavy atom. The monoisotopic (exact) mass is 148 g/mol. The first-order chi connectivity index (χ1) is 5.11. The highest BCUT2D eigenvalue weighted by molar-refractivity contribution is 5.82. The van der Waals surface area contributed by atoms with Gasteiger partial charge in [-0.3, -0.25) is 0 Å². The van der Waals surface area contributed by atoms with Gasteiger partial charge in [0.1, 0.15) is 0 Å². The predicted octanol–water partition coefficient (Wildman–Crippen LogP) is 2.18. The van der Waals surface area contributed by atoms with Gasteiger partial charge < -0.3 is 0 Å². The van der Waals surface area contributed by atoms with Crippen molar-refractivity contribution in [2.75, 3.05) is 0 Å². The molecule has 1 heterocycles. The van der Waals surface area contributed by atoms with Gasteiger partial charge in [-0.1, -0.05) is 20.8 Å². The van der Waals surface area contributed by atoms with Crippen LogP contribution in [0, 0.1) is 5.41 Å². The van der Waals surface area contributed by atoms with Crippen molar-refractivity contribution in [1.29, 1.82) is 0 Å². The van der Waals surface area contributed by atoms with Crippen molar-refractivity contribution in [2.45, 2.75) is 20.8 Å². The maximum Gasteiger partial charge on any atom is 0.0540 e. The lowest BCUT2D eigenvalue weighted by atomic mass is 9.87. The van der Waals surface area contributed by atoms with Gasteiger partial charge in [0.15, 0.2) is 0 Å². The lowest BCUT2D eigenvalue weighted by Gasteiger charge is -2.18. The Balaban J connectivity index is 2.93. The largest absolute Gasteiger partial charge is 0.150 e. The van der Waals surface area contributed by atoms with Crippen LogP contribution in [0.3, 0.4) is 0 Å². The summed E-state index contributed by atoms with van der Waals surface area (Å²) in [5.74, 6) is 2.68. The van der Waals surface area contributed by atoms with Crippen molar-refractivity contribution in [1.82, 2.24) is 0 Å². The van der Waals surface area contributed by atoms with E-state index < -0.39 is 0 Å². The van der Waals surface area contributed by atoms with Crippen molar-refractivity contribution in [2.24, 2.45) is 15.6 Å². The van der Waals surface area contributed by atoms with Gasteiger partial charge in [0.2, 0.25) is 0 Å². The molecule has 0 aliphatic carbocycles. The summed E-state index contributed by atoms with van der Waals surface area (Å²) in [6.07, 6.45) is 5.55. The Bertz CT molecular complexity index is 258. The molecule has 11 heavy (non-hydrogen) atoms. The first-order valence-corrected chi connectivity index (χ1v) is 3.63. The van der Waals surface area contributed by atoms with Gasteiger partial charge in [-0.15, -0.1) is 5.10 Å². The van der Waals surface area contributed by atoms with E-state index in [0.717, 1.165) is 0 Å². The Kier molecular flexibility index (Phi) is 2.06. The molecule has 0 atom stereocenters. The SMILES string of the molecule is CC(C)(C)C1=CC=C=NN=C1. The summed E-state index contributed by atoms with van der Waals surface area (Å²) in [5.41, 5.74) is 1.31. The van der Waals surface area contributed by atoms with Gasteiger partial charge in [0, 0.05) is 11.9 Å². The molecule has 2 nitrogen and oxygen atoms in total. The maximum absolute atomic E-state index is 3.81. The third-order valence-electron chi connectivity index (χ3n) is 1.52. The molecule has 0 spiro atoms. The van der Waals surface area contributed by atoms with Crippen molar-refractivity contribution in [3.8, 4) is 0 Å². The van der Waals surface area contributed by atoms with Gasteiger partial charge in [0.05, 0.1) is 6.21 Å². The van der Waals surface area contributed by atoms with Crippen LogP contribution >= 0.6 is 0 Å². The molecule has 0 bridgehead atoms. The molecule has 0 aromatic rings. The maximum atomic E-state index is 3.81. The molecule has 0 saturated carbocycles. The summed E-state index contributed by atoms with van der Waals surface area (Å²) >= 11 is 0. The summed E-state index contributed by atoms with van der Waals surface area (Å²) in [6, 6.07) is 0. The molecule has 0 saturated heterocycles. The molecule has 0 unspecified atom stereocenters. The van der Waals surface area contributed by atoms with Gasteiger partial charge in [-0.2, -0.15) is 5.10 Å². The van der Waals surface area contributed by atoms with E-state index in [2.05, 4.69) is 36.8 Å². The molecule has 2 heteroatoms. The average molecular weight is 148 g/mol. The molecule has 0 aromatic carbocycles. The van der Waals surface area contributed by atoms with Crippen LogP contribution < -0.4 is 0 Å². The number of hydrogen-bond donors (Lipinski definition) is 0. The average Bonchev–Trinajstić information content (AvgIpc) is 2.10. The second-order valence-electron chi connectivity index (χ2n) is 3.51. The van der Waals surface area contributed by atoms with Crippen molar-refractivity contribution < 1.29 is 0 Å². The summed E-state index contributed by atoms with van der Waals surface area (Å²) in [6.45, 7) is 6.43. The first kappa shape index (κ1) is 7.96. The van der Waals surface area contributed by atoms with Gasteiger partial charge in [0.25, 0.3) is 0 Å². The van der Waals surface area contributed by atoms with Gasteiger partial charge >= 0.3 is 0 Å². The molecule has 0 fully saturated rings. The number of rotatable bonds is 0. The molecular formula is C9H12N2. The standard InChI is InChI=1S/C9H12N2/c1-9(2,3)8-5-4-6-10-11-7-8/h4-5,7H,1-3H3. The number of nitrogens with zero attached hydrogens (tertiary/aromatic N) is 2. The van der Waals surface area contributed by atoms with Crippen LogP contribution in [0.5, 0.6) is 0 Å². The third kappa shape index (κ3) is 2.17. The zero-order valence-corrected chi connectivity index (χ0v) is 7.13. The smallest absolute Gasteiger partial charge is 0.0540 e. The lowest BCUT2D eigenvalue weighted by Crippen LogP contribution is -2.09. The molecule has 1 aliphatic rings. The second-order valence-corrected chi connectivity index (χ2v) is 3.51. The summed E-state index contributed by atoms with van der Waals surface area (Å²) in [4.78, 5) is 0. The van der Waals surface area contributed by atoms with E-state index in [1.54, 1.807) is 12.3 Å². The highest BCUT2D eigenvalue weighted by Crippen LogP contribution is 2.23. The van der Waals surface area contributed by atoms with Crippen LogP contribution in [-0.2, 0) is 0 Å². The molecule has 0 aromatic heterocycles. The quantitative estimate of drug-likeness (QED) is 0.503. The summed E-state index contributed by atoms with van der Waals surface area (Å²) in [7, 11) is 0. The van der Waals surface area contributed by atoms with E-state index in [4.69, 9.17) is 0 Å². The first-order valence-electron chi connectivity index (χ1n) is 3.63.